The van der Waals surface area contributed by atoms with Gasteiger partial charge in [0, 0.05) is 5.56 Å². The van der Waals surface area contributed by atoms with Gasteiger partial charge in [-0.05, 0) is 73.0 Å². The molecule has 0 saturated carbocycles. The molecule has 0 radical (unpaired) electrons. The van der Waals surface area contributed by atoms with Gasteiger partial charge in [-0.2, -0.15) is 0 Å². The Hall–Kier alpha value is -6.14. The topological polar surface area (TPSA) is 124 Å². The third-order valence-electron chi connectivity index (χ3n) is 8.44. The van der Waals surface area contributed by atoms with E-state index >= 15 is 0 Å². The van der Waals surface area contributed by atoms with Gasteiger partial charge in [-0.3, -0.25) is 9.36 Å². The van der Waals surface area contributed by atoms with Crippen LogP contribution in [0.5, 0.6) is 23.0 Å². The Morgan fingerprint density at radius 3 is 2.11 bits per heavy atom. The summed E-state index contributed by atoms with van der Waals surface area (Å²) in [5.74, 6) is 0.949. The van der Waals surface area contributed by atoms with Crippen LogP contribution in [0.3, 0.4) is 0 Å². The monoisotopic (exact) mass is 734 g/mol. The summed E-state index contributed by atoms with van der Waals surface area (Å²) in [4.78, 5) is 45.5. The van der Waals surface area contributed by atoms with E-state index in [0.717, 1.165) is 5.56 Å². The van der Waals surface area contributed by atoms with Crippen LogP contribution in [-0.4, -0.2) is 51.0 Å². The van der Waals surface area contributed by atoms with Gasteiger partial charge in [0.2, 0.25) is 0 Å². The average molecular weight is 735 g/mol. The summed E-state index contributed by atoms with van der Waals surface area (Å²) in [7, 11) is 4.61. The Labute approximate surface area is 310 Å². The molecule has 53 heavy (non-hydrogen) atoms. The van der Waals surface area contributed by atoms with Gasteiger partial charge in [0.25, 0.3) is 5.56 Å². The first-order chi connectivity index (χ1) is 25.8. The van der Waals surface area contributed by atoms with Crippen LogP contribution in [0.2, 0.25) is 0 Å². The molecule has 6 rings (SSSR count). The fourth-order valence-electron chi connectivity index (χ4n) is 5.94. The van der Waals surface area contributed by atoms with E-state index in [-0.39, 0.29) is 30.3 Å². The molecule has 0 N–H and O–H groups in total. The lowest BCUT2D eigenvalue weighted by atomic mass is 9.93. The lowest BCUT2D eigenvalue weighted by Crippen LogP contribution is -2.40. The van der Waals surface area contributed by atoms with E-state index < -0.39 is 12.0 Å². The number of rotatable bonds is 13. The maximum absolute atomic E-state index is 14.4. The van der Waals surface area contributed by atoms with Gasteiger partial charge in [-0.25, -0.2) is 14.6 Å². The highest BCUT2D eigenvalue weighted by molar-refractivity contribution is 7.07. The Kier molecular flexibility index (Phi) is 11.4. The van der Waals surface area contributed by atoms with Gasteiger partial charge >= 0.3 is 11.9 Å². The summed E-state index contributed by atoms with van der Waals surface area (Å²) in [5.41, 5.74) is 3.62. The summed E-state index contributed by atoms with van der Waals surface area (Å²) in [5, 5.41) is 0. The van der Waals surface area contributed by atoms with Gasteiger partial charge in [-0.1, -0.05) is 65.9 Å². The van der Waals surface area contributed by atoms with Crippen molar-refractivity contribution in [2.45, 2.75) is 26.5 Å². The highest BCUT2D eigenvalue weighted by Gasteiger charge is 2.35. The van der Waals surface area contributed by atoms with Crippen molar-refractivity contribution in [2.24, 2.45) is 4.99 Å². The molecule has 0 amide bonds. The van der Waals surface area contributed by atoms with E-state index in [1.54, 1.807) is 88.7 Å². The van der Waals surface area contributed by atoms with E-state index in [2.05, 4.69) is 0 Å². The number of fused-ring (bicyclic) bond motifs is 1. The number of benzene rings is 4. The van der Waals surface area contributed by atoms with Crippen LogP contribution in [0, 0.1) is 0 Å². The zero-order valence-electron chi connectivity index (χ0n) is 29.9. The number of esters is 2. The van der Waals surface area contributed by atoms with E-state index in [9.17, 15) is 14.4 Å². The maximum atomic E-state index is 14.4. The molecule has 5 aromatic rings. The average Bonchev–Trinajstić information content (AvgIpc) is 3.50. The summed E-state index contributed by atoms with van der Waals surface area (Å²) < 4.78 is 35.4. The van der Waals surface area contributed by atoms with Crippen molar-refractivity contribution in [3.63, 3.8) is 0 Å². The lowest BCUT2D eigenvalue weighted by Gasteiger charge is -2.26. The van der Waals surface area contributed by atoms with E-state index in [1.807, 2.05) is 36.4 Å². The number of aromatic nitrogens is 1. The number of carbonyl (C=O) groups is 2. The zero-order chi connectivity index (χ0) is 37.5. The zero-order valence-corrected chi connectivity index (χ0v) is 30.7. The molecule has 0 saturated heterocycles. The first kappa shape index (κ1) is 36.6. The number of carbonyl (C=O) groups excluding carboxylic acids is 2. The highest BCUT2D eigenvalue weighted by atomic mass is 32.1. The standard InChI is InChI=1S/C41H38N2O9S/c1-6-50-39(45)28-16-13-25(14-17-28)24-52-31-19-15-26(21-32(31)48-4)22-34-38(44)43-37(29-18-20-30(47-3)33(23-29)49-5)35(40(46)51-7-2)36(42-41(43)53-34)27-11-9-8-10-12-27/h8-23,37H,6-7,24H2,1-5H3/b34-22-/t37-/m1/s1. The van der Waals surface area contributed by atoms with E-state index in [1.165, 1.54) is 23.0 Å². The molecule has 1 atom stereocenters. The number of ether oxygens (including phenoxy) is 6. The molecule has 2 heterocycles. The molecule has 0 aliphatic carbocycles. The van der Waals surface area contributed by atoms with Gasteiger partial charge in [-0.15, -0.1) is 0 Å². The van der Waals surface area contributed by atoms with Crippen molar-refractivity contribution >= 4 is 35.0 Å². The summed E-state index contributed by atoms with van der Waals surface area (Å²) in [6, 6.07) is 26.1. The van der Waals surface area contributed by atoms with Gasteiger partial charge < -0.3 is 28.4 Å². The van der Waals surface area contributed by atoms with Gasteiger partial charge in [0.15, 0.2) is 27.8 Å². The normalized spacial score (nSPS) is 13.8. The van der Waals surface area contributed by atoms with Crippen LogP contribution in [0.15, 0.2) is 106 Å². The summed E-state index contributed by atoms with van der Waals surface area (Å²) >= 11 is 1.21. The summed E-state index contributed by atoms with van der Waals surface area (Å²) in [6.45, 7) is 4.17. The van der Waals surface area contributed by atoms with Crippen LogP contribution in [0.25, 0.3) is 11.8 Å². The predicted octanol–water partition coefficient (Wildman–Crippen LogP) is 5.72. The number of hydrogen-bond acceptors (Lipinski definition) is 11. The molecular formula is C41H38N2O9S. The van der Waals surface area contributed by atoms with E-state index in [0.29, 0.717) is 66.9 Å². The second-order valence-corrected chi connectivity index (χ2v) is 12.7. The third-order valence-corrected chi connectivity index (χ3v) is 9.42. The quantitative estimate of drug-likeness (QED) is 0.140. The van der Waals surface area contributed by atoms with Crippen LogP contribution in [-0.2, 0) is 20.9 Å². The fraction of sp³-hybridized carbons (Fsp3) is 0.220. The first-order valence-electron chi connectivity index (χ1n) is 16.9. The third kappa shape index (κ3) is 7.73. The number of methoxy groups -OCH3 is 3. The van der Waals surface area contributed by atoms with Crippen molar-refractivity contribution in [3.8, 4) is 23.0 Å². The second kappa shape index (κ2) is 16.5. The molecule has 12 heteroatoms. The molecule has 11 nitrogen and oxygen atoms in total. The molecule has 1 aliphatic rings. The molecule has 272 valence electrons. The van der Waals surface area contributed by atoms with Crippen LogP contribution >= 0.6 is 11.3 Å². The Balaban J connectivity index is 1.41. The number of nitrogens with zero attached hydrogens (tertiary/aromatic N) is 2. The molecule has 0 spiro atoms. The van der Waals surface area contributed by atoms with Crippen molar-refractivity contribution in [1.82, 2.24) is 4.57 Å². The number of thiazole rings is 1. The first-order valence-corrected chi connectivity index (χ1v) is 17.7. The molecule has 0 unspecified atom stereocenters. The molecular weight excluding hydrogens is 697 g/mol. The molecule has 0 bridgehead atoms. The summed E-state index contributed by atoms with van der Waals surface area (Å²) in [6.07, 6.45) is 1.76. The molecule has 1 aromatic heterocycles. The van der Waals surface area contributed by atoms with Gasteiger partial charge in [0.1, 0.15) is 6.61 Å². The molecule has 1 aliphatic heterocycles. The lowest BCUT2D eigenvalue weighted by molar-refractivity contribution is -0.138. The van der Waals surface area contributed by atoms with Crippen molar-refractivity contribution in [2.75, 3.05) is 34.5 Å². The highest BCUT2D eigenvalue weighted by Crippen LogP contribution is 2.38. The van der Waals surface area contributed by atoms with Crippen molar-refractivity contribution in [3.05, 3.63) is 144 Å². The largest absolute Gasteiger partial charge is 0.493 e. The predicted molar refractivity (Wildman–Crippen MR) is 200 cm³/mol. The SMILES string of the molecule is CCOC(=O)C1=C(c2ccccc2)N=c2s/c(=C\c3ccc(OCc4ccc(C(=O)OCC)cc4)c(OC)c3)c(=O)n2[C@@H]1c1ccc(OC)c(OC)c1. The minimum absolute atomic E-state index is 0.136. The van der Waals surface area contributed by atoms with Crippen LogP contribution in [0.1, 0.15) is 52.5 Å². The fourth-order valence-corrected chi connectivity index (χ4v) is 6.94. The maximum Gasteiger partial charge on any atom is 0.338 e. The van der Waals surface area contributed by atoms with Crippen molar-refractivity contribution < 1.29 is 38.0 Å². The Bertz CT molecular complexity index is 2350. The molecule has 0 fully saturated rings. The van der Waals surface area contributed by atoms with Crippen molar-refractivity contribution in [1.29, 1.82) is 0 Å². The number of hydrogen-bond donors (Lipinski definition) is 0. The van der Waals surface area contributed by atoms with E-state index in [4.69, 9.17) is 33.4 Å². The molecule has 4 aromatic carbocycles. The second-order valence-electron chi connectivity index (χ2n) is 11.7. The van der Waals surface area contributed by atoms with Crippen LogP contribution in [0.4, 0.5) is 0 Å². The van der Waals surface area contributed by atoms with Crippen LogP contribution < -0.4 is 33.8 Å². The minimum atomic E-state index is -0.890. The Morgan fingerprint density at radius 2 is 1.43 bits per heavy atom. The minimum Gasteiger partial charge on any atom is -0.493 e. The van der Waals surface area contributed by atoms with Gasteiger partial charge in [0.05, 0.1) is 62.0 Å². The smallest absolute Gasteiger partial charge is 0.338 e. The Morgan fingerprint density at radius 1 is 0.774 bits per heavy atom.